The van der Waals surface area contributed by atoms with Crippen molar-refractivity contribution in [2.24, 2.45) is 0 Å². The molecule has 0 aliphatic carbocycles. The van der Waals surface area contributed by atoms with E-state index in [1.54, 1.807) is 12.0 Å². The van der Waals surface area contributed by atoms with Crippen molar-refractivity contribution in [3.8, 4) is 0 Å². The molecule has 0 radical (unpaired) electrons. The van der Waals surface area contributed by atoms with Crippen LogP contribution in [0, 0.1) is 0 Å². The number of ether oxygens (including phenoxy) is 1. The lowest BCUT2D eigenvalue weighted by Crippen LogP contribution is -2.20. The summed E-state index contributed by atoms with van der Waals surface area (Å²) in [6, 6.07) is 9.88. The van der Waals surface area contributed by atoms with E-state index in [2.05, 4.69) is 0 Å². The number of nitrogens with zero attached hydrogens (tertiary/aromatic N) is 1. The Morgan fingerprint density at radius 1 is 1.24 bits per heavy atom. The third-order valence-electron chi connectivity index (χ3n) is 3.31. The third kappa shape index (κ3) is 1.29. The molecule has 1 amide bonds. The van der Waals surface area contributed by atoms with E-state index in [1.165, 1.54) is 0 Å². The fraction of sp³-hybridized carbons (Fsp3) is 0.214. The highest BCUT2D eigenvalue weighted by atomic mass is 16.5. The Morgan fingerprint density at radius 3 is 2.82 bits per heavy atom. The van der Waals surface area contributed by atoms with Crippen molar-refractivity contribution in [2.75, 3.05) is 19.1 Å². The van der Waals surface area contributed by atoms with E-state index in [1.807, 2.05) is 37.4 Å². The number of benzene rings is 2. The van der Waals surface area contributed by atoms with Crippen LogP contribution in [0.4, 0.5) is 5.69 Å². The van der Waals surface area contributed by atoms with Crippen molar-refractivity contribution in [2.45, 2.75) is 6.61 Å². The quantitative estimate of drug-likeness (QED) is 0.789. The summed E-state index contributed by atoms with van der Waals surface area (Å²) in [7, 11) is 3.49. The third-order valence-corrected chi connectivity index (χ3v) is 3.31. The van der Waals surface area contributed by atoms with Gasteiger partial charge in [0.2, 0.25) is 0 Å². The lowest BCUT2D eigenvalue weighted by atomic mass is 10.0. The van der Waals surface area contributed by atoms with Gasteiger partial charge in [-0.05, 0) is 23.1 Å². The van der Waals surface area contributed by atoms with E-state index >= 15 is 0 Å². The van der Waals surface area contributed by atoms with Crippen LogP contribution in [-0.2, 0) is 11.3 Å². The summed E-state index contributed by atoms with van der Waals surface area (Å²) in [4.78, 5) is 13.7. The second kappa shape index (κ2) is 3.57. The molecular formula is C14H13NO2. The SMILES string of the molecule is COCc1ccc2c3c(cccc13)C(=O)N2C. The van der Waals surface area contributed by atoms with Crippen molar-refractivity contribution in [3.63, 3.8) is 0 Å². The van der Waals surface area contributed by atoms with Crippen LogP contribution in [0.25, 0.3) is 10.8 Å². The van der Waals surface area contributed by atoms with Crippen LogP contribution in [0.15, 0.2) is 30.3 Å². The van der Waals surface area contributed by atoms with Crippen molar-refractivity contribution in [3.05, 3.63) is 41.5 Å². The first kappa shape index (κ1) is 10.3. The van der Waals surface area contributed by atoms with Gasteiger partial charge < -0.3 is 9.64 Å². The first-order valence-corrected chi connectivity index (χ1v) is 5.55. The molecule has 2 aromatic rings. The maximum absolute atomic E-state index is 12.0. The molecule has 17 heavy (non-hydrogen) atoms. The average Bonchev–Trinajstić information content (AvgIpc) is 2.60. The number of carbonyl (C=O) groups is 1. The maximum atomic E-state index is 12.0. The Balaban J connectivity index is 2.38. The topological polar surface area (TPSA) is 29.5 Å². The Labute approximate surface area is 99.6 Å². The molecule has 0 fully saturated rings. The van der Waals surface area contributed by atoms with E-state index in [-0.39, 0.29) is 5.91 Å². The van der Waals surface area contributed by atoms with Crippen LogP contribution < -0.4 is 4.90 Å². The van der Waals surface area contributed by atoms with Gasteiger partial charge >= 0.3 is 0 Å². The summed E-state index contributed by atoms with van der Waals surface area (Å²) in [6.07, 6.45) is 0. The molecule has 0 aromatic heterocycles. The summed E-state index contributed by atoms with van der Waals surface area (Å²) in [5, 5.41) is 2.16. The first-order chi connectivity index (χ1) is 8.24. The van der Waals surface area contributed by atoms with Gasteiger partial charge in [0, 0.05) is 25.1 Å². The molecule has 3 rings (SSSR count). The van der Waals surface area contributed by atoms with Crippen molar-refractivity contribution in [1.82, 2.24) is 0 Å². The number of hydrogen-bond donors (Lipinski definition) is 0. The van der Waals surface area contributed by atoms with E-state index in [4.69, 9.17) is 4.74 Å². The maximum Gasteiger partial charge on any atom is 0.258 e. The highest BCUT2D eigenvalue weighted by Crippen LogP contribution is 2.37. The van der Waals surface area contributed by atoms with Gasteiger partial charge in [0.15, 0.2) is 0 Å². The number of amides is 1. The minimum atomic E-state index is 0.0696. The Hall–Kier alpha value is -1.87. The Morgan fingerprint density at radius 2 is 2.06 bits per heavy atom. The predicted molar refractivity (Wildman–Crippen MR) is 67.4 cm³/mol. The summed E-state index contributed by atoms with van der Waals surface area (Å²) >= 11 is 0. The van der Waals surface area contributed by atoms with E-state index in [9.17, 15) is 4.79 Å². The lowest BCUT2D eigenvalue weighted by Gasteiger charge is -2.11. The largest absolute Gasteiger partial charge is 0.380 e. The smallest absolute Gasteiger partial charge is 0.258 e. The number of anilines is 1. The molecule has 1 aliphatic heterocycles. The zero-order chi connectivity index (χ0) is 12.0. The molecule has 0 bridgehead atoms. The summed E-state index contributed by atoms with van der Waals surface area (Å²) in [5.74, 6) is 0.0696. The van der Waals surface area contributed by atoms with Crippen molar-refractivity contribution in [1.29, 1.82) is 0 Å². The molecular weight excluding hydrogens is 214 g/mol. The summed E-state index contributed by atoms with van der Waals surface area (Å²) in [6.45, 7) is 0.568. The van der Waals surface area contributed by atoms with Gasteiger partial charge in [0.05, 0.1) is 12.3 Å². The van der Waals surface area contributed by atoms with Crippen LogP contribution in [0.5, 0.6) is 0 Å². The number of carbonyl (C=O) groups excluding carboxylic acids is 1. The second-order valence-corrected chi connectivity index (χ2v) is 4.27. The second-order valence-electron chi connectivity index (χ2n) is 4.27. The van der Waals surface area contributed by atoms with Crippen molar-refractivity contribution < 1.29 is 9.53 Å². The predicted octanol–water partition coefficient (Wildman–Crippen LogP) is 2.58. The molecule has 0 N–H and O–H groups in total. The number of methoxy groups -OCH3 is 1. The monoisotopic (exact) mass is 227 g/mol. The van der Waals surface area contributed by atoms with E-state index in [0.717, 1.165) is 27.6 Å². The highest BCUT2D eigenvalue weighted by Gasteiger charge is 2.27. The van der Waals surface area contributed by atoms with E-state index in [0.29, 0.717) is 6.61 Å². The van der Waals surface area contributed by atoms with Crippen molar-refractivity contribution >= 4 is 22.4 Å². The van der Waals surface area contributed by atoms with Gasteiger partial charge in [-0.1, -0.05) is 18.2 Å². The van der Waals surface area contributed by atoms with Gasteiger partial charge in [-0.2, -0.15) is 0 Å². The molecule has 0 unspecified atom stereocenters. The molecule has 2 aromatic carbocycles. The minimum Gasteiger partial charge on any atom is -0.380 e. The van der Waals surface area contributed by atoms with Gasteiger partial charge in [-0.3, -0.25) is 4.79 Å². The van der Waals surface area contributed by atoms with Crippen LogP contribution in [0.1, 0.15) is 15.9 Å². The molecule has 1 aliphatic rings. The van der Waals surface area contributed by atoms with Crippen LogP contribution in [-0.4, -0.2) is 20.1 Å². The average molecular weight is 227 g/mol. The Bertz CT molecular complexity index is 619. The molecule has 3 heteroatoms. The molecule has 0 atom stereocenters. The standard InChI is InChI=1S/C14H13NO2/c1-15-12-7-6-9(8-17-2)10-4-3-5-11(13(10)12)14(15)16/h3-7H,8H2,1-2H3. The number of rotatable bonds is 2. The fourth-order valence-electron chi connectivity index (χ4n) is 2.48. The molecule has 0 saturated heterocycles. The molecule has 0 spiro atoms. The summed E-state index contributed by atoms with van der Waals surface area (Å²) in [5.41, 5.74) is 2.90. The zero-order valence-electron chi connectivity index (χ0n) is 9.86. The van der Waals surface area contributed by atoms with Gasteiger partial charge in [-0.25, -0.2) is 0 Å². The molecule has 0 saturated carbocycles. The minimum absolute atomic E-state index is 0.0696. The van der Waals surface area contributed by atoms with Gasteiger partial charge in [-0.15, -0.1) is 0 Å². The van der Waals surface area contributed by atoms with E-state index < -0.39 is 0 Å². The van der Waals surface area contributed by atoms with Gasteiger partial charge in [0.1, 0.15) is 0 Å². The Kier molecular flexibility index (Phi) is 2.16. The lowest BCUT2D eigenvalue weighted by molar-refractivity contribution is 0.0999. The molecule has 3 nitrogen and oxygen atoms in total. The van der Waals surface area contributed by atoms with Crippen LogP contribution in [0.2, 0.25) is 0 Å². The molecule has 86 valence electrons. The molecule has 1 heterocycles. The highest BCUT2D eigenvalue weighted by molar-refractivity contribution is 6.25. The van der Waals surface area contributed by atoms with Crippen LogP contribution >= 0.6 is 0 Å². The normalized spacial score (nSPS) is 13.8. The first-order valence-electron chi connectivity index (χ1n) is 5.55. The fourth-order valence-corrected chi connectivity index (χ4v) is 2.48. The van der Waals surface area contributed by atoms with Crippen LogP contribution in [0.3, 0.4) is 0 Å². The zero-order valence-corrected chi connectivity index (χ0v) is 9.86. The summed E-state index contributed by atoms with van der Waals surface area (Å²) < 4.78 is 5.19. The van der Waals surface area contributed by atoms with Gasteiger partial charge in [0.25, 0.3) is 5.91 Å². The number of hydrogen-bond acceptors (Lipinski definition) is 2.